The topological polar surface area (TPSA) is 104 Å². The van der Waals surface area contributed by atoms with Crippen molar-refractivity contribution in [2.24, 2.45) is 5.92 Å². The molecule has 2 heterocycles. The van der Waals surface area contributed by atoms with Crippen LogP contribution in [0.2, 0.25) is 0 Å². The second-order valence-corrected chi connectivity index (χ2v) is 6.15. The van der Waals surface area contributed by atoms with Crippen molar-refractivity contribution in [2.75, 3.05) is 6.54 Å². The molecule has 2 saturated heterocycles. The van der Waals surface area contributed by atoms with Crippen LogP contribution in [0, 0.1) is 5.92 Å². The zero-order valence-corrected chi connectivity index (χ0v) is 12.6. The maximum absolute atomic E-state index is 12.3. The molecule has 4 atom stereocenters. The van der Waals surface area contributed by atoms with Crippen LogP contribution in [0.15, 0.2) is 0 Å². The van der Waals surface area contributed by atoms with E-state index in [-0.39, 0.29) is 6.54 Å². The van der Waals surface area contributed by atoms with E-state index in [1.165, 1.54) is 0 Å². The van der Waals surface area contributed by atoms with E-state index in [1.54, 1.807) is 6.92 Å². The normalized spacial score (nSPS) is 36.5. The Morgan fingerprint density at radius 2 is 1.95 bits per heavy atom. The van der Waals surface area contributed by atoms with Crippen LogP contribution in [0.25, 0.3) is 0 Å². The van der Waals surface area contributed by atoms with Gasteiger partial charge in [-0.1, -0.05) is 6.92 Å². The van der Waals surface area contributed by atoms with Crippen molar-refractivity contribution < 1.29 is 29.3 Å². The number of amides is 1. The van der Waals surface area contributed by atoms with Gasteiger partial charge in [0.2, 0.25) is 5.79 Å². The summed E-state index contributed by atoms with van der Waals surface area (Å²) in [6, 6.07) is -1.02. The number of aliphatic hydroxyl groups is 1. The van der Waals surface area contributed by atoms with Crippen LogP contribution in [0.4, 0.5) is 0 Å². The minimum Gasteiger partial charge on any atom is -0.480 e. The van der Waals surface area contributed by atoms with E-state index in [9.17, 15) is 19.5 Å². The number of rotatable bonds is 3. The molecule has 2 rings (SSSR count). The molecule has 0 spiro atoms. The molecule has 118 valence electrons. The smallest absolute Gasteiger partial charge is 0.326 e. The van der Waals surface area contributed by atoms with Gasteiger partial charge in [-0.05, 0) is 25.7 Å². The van der Waals surface area contributed by atoms with Gasteiger partial charge in [0.05, 0.1) is 0 Å². The lowest BCUT2D eigenvalue weighted by atomic mass is 9.89. The highest BCUT2D eigenvalue weighted by molar-refractivity contribution is 7.80. The summed E-state index contributed by atoms with van der Waals surface area (Å²) in [6.07, 6.45) is 1.87. The van der Waals surface area contributed by atoms with Crippen molar-refractivity contribution >= 4 is 30.3 Å². The first-order valence-corrected chi connectivity index (χ1v) is 7.45. The number of Topliss-reactive ketones (excluding diaryl/α,β-unsaturated/α-hetero) is 1. The lowest BCUT2D eigenvalue weighted by molar-refractivity contribution is -0.247. The summed E-state index contributed by atoms with van der Waals surface area (Å²) >= 11 is 4.09. The third-order valence-corrected chi connectivity index (χ3v) is 4.51. The Kier molecular flexibility index (Phi) is 4.60. The van der Waals surface area contributed by atoms with Gasteiger partial charge >= 0.3 is 5.97 Å². The lowest BCUT2D eigenvalue weighted by Crippen LogP contribution is -2.58. The monoisotopic (exact) mass is 317 g/mol. The highest BCUT2D eigenvalue weighted by Crippen LogP contribution is 2.35. The molecule has 2 aliphatic heterocycles. The number of aliphatic carboxylic acids is 1. The van der Waals surface area contributed by atoms with E-state index in [0.717, 1.165) is 4.90 Å². The van der Waals surface area contributed by atoms with Gasteiger partial charge in [-0.25, -0.2) is 4.79 Å². The summed E-state index contributed by atoms with van der Waals surface area (Å²) in [7, 11) is 0. The van der Waals surface area contributed by atoms with Crippen LogP contribution in [-0.4, -0.2) is 56.6 Å². The number of thiol groups is 1. The fraction of sp³-hybridized carbons (Fsp3) is 0.769. The third-order valence-electron chi connectivity index (χ3n) is 4.15. The van der Waals surface area contributed by atoms with Gasteiger partial charge in [-0.2, -0.15) is 0 Å². The van der Waals surface area contributed by atoms with Crippen molar-refractivity contribution in [3.8, 4) is 0 Å². The molecule has 0 aromatic carbocycles. The van der Waals surface area contributed by atoms with E-state index >= 15 is 0 Å². The number of hydrogen-bond acceptors (Lipinski definition) is 6. The molecular formula is C13H19NO6S. The fourth-order valence-corrected chi connectivity index (χ4v) is 3.11. The van der Waals surface area contributed by atoms with Gasteiger partial charge in [-0.15, -0.1) is 12.6 Å². The van der Waals surface area contributed by atoms with Gasteiger partial charge in [0.15, 0.2) is 0 Å². The Bertz CT molecular complexity index is 470. The SMILES string of the molecule is CC1CCC(S)OC1(O)C(=O)C(=O)N1CCCC1C(=O)O. The number of carbonyl (C=O) groups excluding carboxylic acids is 2. The van der Waals surface area contributed by atoms with Gasteiger partial charge in [0.25, 0.3) is 11.7 Å². The first kappa shape index (κ1) is 16.3. The van der Waals surface area contributed by atoms with Crippen LogP contribution >= 0.6 is 12.6 Å². The summed E-state index contributed by atoms with van der Waals surface area (Å²) in [5, 5.41) is 19.5. The number of carboxylic acid groups (broad SMARTS) is 1. The predicted octanol–water partition coefficient (Wildman–Crippen LogP) is 0.0221. The largest absolute Gasteiger partial charge is 0.480 e. The molecule has 0 radical (unpaired) electrons. The molecule has 0 bridgehead atoms. The van der Waals surface area contributed by atoms with Crippen LogP contribution < -0.4 is 0 Å². The average molecular weight is 317 g/mol. The summed E-state index contributed by atoms with van der Waals surface area (Å²) < 4.78 is 5.20. The molecular weight excluding hydrogens is 298 g/mol. The minimum atomic E-state index is -2.23. The number of likely N-dealkylation sites (tertiary alicyclic amines) is 1. The maximum Gasteiger partial charge on any atom is 0.326 e. The van der Waals surface area contributed by atoms with Crippen molar-refractivity contribution in [2.45, 2.75) is 49.9 Å². The van der Waals surface area contributed by atoms with Crippen molar-refractivity contribution in [1.29, 1.82) is 0 Å². The molecule has 0 aromatic heterocycles. The first-order valence-electron chi connectivity index (χ1n) is 6.94. The number of carboxylic acids is 1. The second kappa shape index (κ2) is 5.94. The first-order chi connectivity index (χ1) is 9.77. The van der Waals surface area contributed by atoms with E-state index in [0.29, 0.717) is 25.7 Å². The molecule has 8 heteroatoms. The molecule has 7 nitrogen and oxygen atoms in total. The molecule has 4 unspecified atom stereocenters. The van der Waals surface area contributed by atoms with Crippen molar-refractivity contribution in [3.05, 3.63) is 0 Å². The van der Waals surface area contributed by atoms with Crippen LogP contribution in [-0.2, 0) is 19.1 Å². The summed E-state index contributed by atoms with van der Waals surface area (Å²) in [5.41, 5.74) is -0.628. The molecule has 2 N–H and O–H groups in total. The zero-order valence-electron chi connectivity index (χ0n) is 11.7. The van der Waals surface area contributed by atoms with Gasteiger partial charge < -0.3 is 19.8 Å². The molecule has 2 aliphatic rings. The molecule has 0 aromatic rings. The Morgan fingerprint density at radius 3 is 2.57 bits per heavy atom. The van der Waals surface area contributed by atoms with E-state index in [2.05, 4.69) is 12.6 Å². The lowest BCUT2D eigenvalue weighted by Gasteiger charge is -2.39. The molecule has 0 aliphatic carbocycles. The van der Waals surface area contributed by atoms with Crippen LogP contribution in [0.5, 0.6) is 0 Å². The fourth-order valence-electron chi connectivity index (χ4n) is 2.80. The predicted molar refractivity (Wildman–Crippen MR) is 74.6 cm³/mol. The average Bonchev–Trinajstić information content (AvgIpc) is 2.91. The number of carbonyl (C=O) groups is 3. The Balaban J connectivity index is 2.18. The summed E-state index contributed by atoms with van der Waals surface area (Å²) in [4.78, 5) is 36.7. The van der Waals surface area contributed by atoms with Gasteiger partial charge in [0.1, 0.15) is 11.5 Å². The molecule has 21 heavy (non-hydrogen) atoms. The van der Waals surface area contributed by atoms with E-state index in [1.807, 2.05) is 0 Å². The summed E-state index contributed by atoms with van der Waals surface area (Å²) in [5.74, 6) is -6.04. The summed E-state index contributed by atoms with van der Waals surface area (Å²) in [6.45, 7) is 1.81. The number of hydrogen-bond donors (Lipinski definition) is 3. The third kappa shape index (κ3) is 2.93. The molecule has 2 fully saturated rings. The van der Waals surface area contributed by atoms with Gasteiger partial charge in [0, 0.05) is 12.5 Å². The highest BCUT2D eigenvalue weighted by Gasteiger charge is 2.52. The number of ether oxygens (including phenoxy) is 1. The van der Waals surface area contributed by atoms with Gasteiger partial charge in [-0.3, -0.25) is 9.59 Å². The van der Waals surface area contributed by atoms with E-state index < -0.39 is 40.8 Å². The Labute approximate surface area is 127 Å². The van der Waals surface area contributed by atoms with Crippen molar-refractivity contribution in [3.63, 3.8) is 0 Å². The minimum absolute atomic E-state index is 0.191. The Hall–Kier alpha value is -1.12. The highest BCUT2D eigenvalue weighted by atomic mass is 32.1. The molecule has 1 amide bonds. The van der Waals surface area contributed by atoms with Crippen LogP contribution in [0.3, 0.4) is 0 Å². The Morgan fingerprint density at radius 1 is 1.29 bits per heavy atom. The standard InChI is InChI=1S/C13H19NO6S/c1-7-4-5-9(21)20-13(7,19)10(15)11(16)14-6-2-3-8(14)12(17)18/h7-9,19,21H,2-6H2,1H3,(H,17,18). The second-order valence-electron chi connectivity index (χ2n) is 5.57. The zero-order chi connectivity index (χ0) is 15.8. The van der Waals surface area contributed by atoms with Crippen LogP contribution in [0.1, 0.15) is 32.6 Å². The van der Waals surface area contributed by atoms with Crippen molar-refractivity contribution in [1.82, 2.24) is 4.90 Å². The number of nitrogens with zero attached hydrogens (tertiary/aromatic N) is 1. The van der Waals surface area contributed by atoms with E-state index in [4.69, 9.17) is 9.84 Å². The molecule has 0 saturated carbocycles. The number of ketones is 1. The quantitative estimate of drug-likeness (QED) is 0.501. The maximum atomic E-state index is 12.3.